The highest BCUT2D eigenvalue weighted by Crippen LogP contribution is 2.34. The second-order valence-corrected chi connectivity index (χ2v) is 7.77. The third kappa shape index (κ3) is 4.56. The first-order chi connectivity index (χ1) is 14.1. The Hall–Kier alpha value is -2.95. The van der Waals surface area contributed by atoms with Gasteiger partial charge in [-0.25, -0.2) is 4.39 Å². The lowest BCUT2D eigenvalue weighted by molar-refractivity contribution is -0.121. The maximum absolute atomic E-state index is 13.0. The number of hydrogen-bond acceptors (Lipinski definition) is 3. The predicted molar refractivity (Wildman–Crippen MR) is 112 cm³/mol. The monoisotopic (exact) mass is 392 g/mol. The number of pyridine rings is 1. The number of hydrogen-bond donors (Lipinski definition) is 1. The van der Waals surface area contributed by atoms with E-state index >= 15 is 0 Å². The number of nitrogens with zero attached hydrogens (tertiary/aromatic N) is 1. The van der Waals surface area contributed by atoms with E-state index in [-0.39, 0.29) is 23.7 Å². The minimum Gasteiger partial charge on any atom is -0.490 e. The Morgan fingerprint density at radius 2 is 1.79 bits per heavy atom. The van der Waals surface area contributed by atoms with Gasteiger partial charge in [0.25, 0.3) is 0 Å². The summed E-state index contributed by atoms with van der Waals surface area (Å²) in [6, 6.07) is 15.8. The summed E-state index contributed by atoms with van der Waals surface area (Å²) in [4.78, 5) is 17.0. The molecular weight excluding hydrogens is 367 g/mol. The van der Waals surface area contributed by atoms with E-state index in [1.165, 1.54) is 12.1 Å². The number of amides is 1. The maximum atomic E-state index is 13.0. The molecular formula is C24H25FN2O2. The van der Waals surface area contributed by atoms with Crippen LogP contribution in [0.3, 0.4) is 0 Å². The van der Waals surface area contributed by atoms with Gasteiger partial charge in [-0.3, -0.25) is 9.78 Å². The molecule has 1 aliphatic rings. The van der Waals surface area contributed by atoms with E-state index in [2.05, 4.69) is 10.3 Å². The van der Waals surface area contributed by atoms with Crippen molar-refractivity contribution in [1.29, 1.82) is 0 Å². The van der Waals surface area contributed by atoms with Gasteiger partial charge in [0.05, 0.1) is 11.6 Å². The van der Waals surface area contributed by atoms with Crippen LogP contribution in [0.1, 0.15) is 32.6 Å². The Morgan fingerprint density at radius 1 is 1.07 bits per heavy atom. The third-order valence-electron chi connectivity index (χ3n) is 5.85. The van der Waals surface area contributed by atoms with E-state index in [9.17, 15) is 9.18 Å². The summed E-state index contributed by atoms with van der Waals surface area (Å²) >= 11 is 0. The largest absolute Gasteiger partial charge is 0.490 e. The van der Waals surface area contributed by atoms with Gasteiger partial charge >= 0.3 is 0 Å². The summed E-state index contributed by atoms with van der Waals surface area (Å²) in [5.41, 5.74) is 1.56. The highest BCUT2D eigenvalue weighted by atomic mass is 19.1. The molecule has 0 bridgehead atoms. The molecule has 1 aromatic heterocycles. The average Bonchev–Trinajstić information content (AvgIpc) is 2.75. The predicted octanol–water partition coefficient (Wildman–Crippen LogP) is 5.59. The number of carbonyl (C=O) groups is 1. The average molecular weight is 392 g/mol. The summed E-state index contributed by atoms with van der Waals surface area (Å²) in [6.45, 7) is 1.97. The number of halogens is 1. The molecule has 0 radical (unpaired) electrons. The standard InChI is InChI=1S/C24H25FN2O2/c1-16(24(28)27-19-10-8-18(25)9-11-19)17-6-12-20(13-7-17)29-23-14-15-26-22-5-3-2-4-21(22)23/h2-5,8-11,14-17,20H,6-7,12-13H2,1H3,(H,27,28)/t16-,17-,20+/m1/s1. The zero-order valence-electron chi connectivity index (χ0n) is 16.5. The Kier molecular flexibility index (Phi) is 5.74. The molecule has 29 heavy (non-hydrogen) atoms. The minimum absolute atomic E-state index is 0.0129. The summed E-state index contributed by atoms with van der Waals surface area (Å²) in [5.74, 6) is 0.783. The van der Waals surface area contributed by atoms with Crippen molar-refractivity contribution >= 4 is 22.5 Å². The highest BCUT2D eigenvalue weighted by Gasteiger charge is 2.30. The summed E-state index contributed by atoms with van der Waals surface area (Å²) in [7, 11) is 0. The molecule has 1 saturated carbocycles. The van der Waals surface area contributed by atoms with Crippen molar-refractivity contribution in [1.82, 2.24) is 4.98 Å². The number of anilines is 1. The van der Waals surface area contributed by atoms with Gasteiger partial charge in [-0.1, -0.05) is 19.1 Å². The van der Waals surface area contributed by atoms with E-state index in [0.717, 1.165) is 42.3 Å². The minimum atomic E-state index is -0.309. The lowest BCUT2D eigenvalue weighted by Gasteiger charge is -2.32. The summed E-state index contributed by atoms with van der Waals surface area (Å²) in [6.07, 6.45) is 5.69. The third-order valence-corrected chi connectivity index (χ3v) is 5.85. The SMILES string of the molecule is C[C@@H](C(=O)Nc1ccc(F)cc1)[C@H]1CC[C@@H](Oc2ccnc3ccccc23)CC1. The van der Waals surface area contributed by atoms with Crippen molar-refractivity contribution < 1.29 is 13.9 Å². The Bertz CT molecular complexity index is 976. The lowest BCUT2D eigenvalue weighted by atomic mass is 9.79. The normalized spacial score (nSPS) is 20.2. The van der Waals surface area contributed by atoms with Gasteiger partial charge in [0, 0.05) is 23.2 Å². The molecule has 1 fully saturated rings. The fraction of sp³-hybridized carbons (Fsp3) is 0.333. The van der Waals surface area contributed by atoms with E-state index < -0.39 is 0 Å². The number of benzene rings is 2. The second kappa shape index (κ2) is 8.60. The van der Waals surface area contributed by atoms with Crippen LogP contribution in [0, 0.1) is 17.7 Å². The van der Waals surface area contributed by atoms with Gasteiger partial charge in [0.15, 0.2) is 0 Å². The van der Waals surface area contributed by atoms with Crippen molar-refractivity contribution in [3.8, 4) is 5.75 Å². The van der Waals surface area contributed by atoms with Crippen LogP contribution in [-0.2, 0) is 4.79 Å². The molecule has 5 heteroatoms. The fourth-order valence-corrected chi connectivity index (χ4v) is 4.06. The van der Waals surface area contributed by atoms with Crippen molar-refractivity contribution in [2.75, 3.05) is 5.32 Å². The number of para-hydroxylation sites is 1. The summed E-state index contributed by atoms with van der Waals surface area (Å²) < 4.78 is 19.3. The molecule has 0 saturated heterocycles. The molecule has 1 amide bonds. The Labute approximate surface area is 170 Å². The van der Waals surface area contributed by atoms with Crippen molar-refractivity contribution in [2.45, 2.75) is 38.7 Å². The Morgan fingerprint density at radius 3 is 2.55 bits per heavy atom. The van der Waals surface area contributed by atoms with Crippen LogP contribution >= 0.6 is 0 Å². The number of nitrogens with one attached hydrogen (secondary N) is 1. The summed E-state index contributed by atoms with van der Waals surface area (Å²) in [5, 5.41) is 3.93. The zero-order valence-corrected chi connectivity index (χ0v) is 16.5. The van der Waals surface area contributed by atoms with E-state index in [1.54, 1.807) is 18.3 Å². The van der Waals surface area contributed by atoms with Crippen LogP contribution in [0.4, 0.5) is 10.1 Å². The maximum Gasteiger partial charge on any atom is 0.227 e. The molecule has 4 rings (SSSR count). The van der Waals surface area contributed by atoms with Crippen LogP contribution in [0.5, 0.6) is 5.75 Å². The molecule has 1 N–H and O–H groups in total. The van der Waals surface area contributed by atoms with Crippen LogP contribution in [0.25, 0.3) is 10.9 Å². The molecule has 1 atom stereocenters. The van der Waals surface area contributed by atoms with Gasteiger partial charge in [-0.05, 0) is 74.1 Å². The molecule has 0 unspecified atom stereocenters. The van der Waals surface area contributed by atoms with Crippen molar-refractivity contribution in [3.63, 3.8) is 0 Å². The van der Waals surface area contributed by atoms with Gasteiger partial charge in [-0.2, -0.15) is 0 Å². The zero-order chi connectivity index (χ0) is 20.2. The highest BCUT2D eigenvalue weighted by molar-refractivity contribution is 5.92. The lowest BCUT2D eigenvalue weighted by Crippen LogP contribution is -2.32. The molecule has 0 spiro atoms. The first-order valence-electron chi connectivity index (χ1n) is 10.2. The van der Waals surface area contributed by atoms with Crippen LogP contribution in [0.2, 0.25) is 0 Å². The molecule has 1 aliphatic carbocycles. The fourth-order valence-electron chi connectivity index (χ4n) is 4.06. The molecule has 4 nitrogen and oxygen atoms in total. The second-order valence-electron chi connectivity index (χ2n) is 7.77. The quantitative estimate of drug-likeness (QED) is 0.616. The van der Waals surface area contributed by atoms with Crippen LogP contribution in [-0.4, -0.2) is 17.0 Å². The molecule has 0 aliphatic heterocycles. The Balaban J connectivity index is 1.32. The molecule has 2 aromatic carbocycles. The van der Waals surface area contributed by atoms with E-state index in [0.29, 0.717) is 11.6 Å². The van der Waals surface area contributed by atoms with Gasteiger partial charge in [0.1, 0.15) is 11.6 Å². The van der Waals surface area contributed by atoms with Gasteiger partial charge in [0.2, 0.25) is 5.91 Å². The molecule has 1 heterocycles. The van der Waals surface area contributed by atoms with Crippen molar-refractivity contribution in [2.24, 2.45) is 11.8 Å². The van der Waals surface area contributed by atoms with Gasteiger partial charge in [-0.15, -0.1) is 0 Å². The van der Waals surface area contributed by atoms with Gasteiger partial charge < -0.3 is 10.1 Å². The number of ether oxygens (including phenoxy) is 1. The molecule has 150 valence electrons. The number of carbonyl (C=O) groups excluding carboxylic acids is 1. The number of aromatic nitrogens is 1. The van der Waals surface area contributed by atoms with Crippen molar-refractivity contribution in [3.05, 3.63) is 66.6 Å². The number of rotatable bonds is 5. The smallest absolute Gasteiger partial charge is 0.227 e. The topological polar surface area (TPSA) is 51.2 Å². The van der Waals surface area contributed by atoms with E-state index in [1.807, 2.05) is 37.3 Å². The van der Waals surface area contributed by atoms with Crippen LogP contribution < -0.4 is 10.1 Å². The first kappa shape index (κ1) is 19.4. The first-order valence-corrected chi connectivity index (χ1v) is 10.2. The van der Waals surface area contributed by atoms with Crippen LogP contribution in [0.15, 0.2) is 60.8 Å². The molecule has 3 aromatic rings. The number of fused-ring (bicyclic) bond motifs is 1. The van der Waals surface area contributed by atoms with E-state index in [4.69, 9.17) is 4.74 Å².